The van der Waals surface area contributed by atoms with E-state index in [-0.39, 0.29) is 16.6 Å². The number of nitrogens with one attached hydrogen (secondary N) is 2. The molecule has 0 bridgehead atoms. The zero-order chi connectivity index (χ0) is 49.8. The summed E-state index contributed by atoms with van der Waals surface area (Å²) in [5, 5.41) is 11.9. The molecule has 1 aliphatic carbocycles. The highest BCUT2D eigenvalue weighted by Crippen LogP contribution is 2.43. The highest BCUT2D eigenvalue weighted by atomic mass is 35.5. The monoisotopic (exact) mass is 1030 g/mol. The van der Waals surface area contributed by atoms with Crippen LogP contribution in [0, 0.1) is 5.41 Å². The first kappa shape index (κ1) is 52.6. The van der Waals surface area contributed by atoms with Crippen LogP contribution < -0.4 is 14.9 Å². The van der Waals surface area contributed by atoms with Gasteiger partial charge in [0.15, 0.2) is 11.5 Å². The quantitative estimate of drug-likeness (QED) is 0.103. The van der Waals surface area contributed by atoms with Crippen molar-refractivity contribution in [2.24, 2.45) is 5.41 Å². The summed E-state index contributed by atoms with van der Waals surface area (Å²) in [6.45, 7) is 18.6. The number of alkyl halides is 3. The van der Waals surface area contributed by atoms with Gasteiger partial charge in [0.05, 0.1) is 10.6 Å². The number of sulfonamides is 1. The van der Waals surface area contributed by atoms with E-state index in [4.69, 9.17) is 11.6 Å². The molecule has 1 aromatic heterocycles. The molecule has 3 aliphatic rings. The minimum atomic E-state index is -6.08. The number of aromatic nitrogens is 2. The predicted octanol–water partition coefficient (Wildman–Crippen LogP) is 8.71. The largest absolute Gasteiger partial charge is 0.501 e. The van der Waals surface area contributed by atoms with Crippen LogP contribution in [0.1, 0.15) is 76.4 Å². The highest BCUT2D eigenvalue weighted by molar-refractivity contribution is 7.99. The Balaban J connectivity index is 1.02. The molecule has 69 heavy (non-hydrogen) atoms. The van der Waals surface area contributed by atoms with Gasteiger partial charge in [0, 0.05) is 92.7 Å². The molecule has 20 heteroatoms. The van der Waals surface area contributed by atoms with E-state index in [1.54, 1.807) is 6.07 Å². The molecule has 1 unspecified atom stereocenters. The summed E-state index contributed by atoms with van der Waals surface area (Å²) in [7, 11) is -11.0. The van der Waals surface area contributed by atoms with Crippen LogP contribution in [-0.4, -0.2) is 136 Å². The van der Waals surface area contributed by atoms with Crippen molar-refractivity contribution in [3.63, 3.8) is 0 Å². The fourth-order valence-corrected chi connectivity index (χ4v) is 12.2. The third-order valence-corrected chi connectivity index (χ3v) is 17.4. The van der Waals surface area contributed by atoms with Crippen molar-refractivity contribution in [2.75, 3.05) is 81.4 Å². The van der Waals surface area contributed by atoms with Gasteiger partial charge in [0.1, 0.15) is 4.90 Å². The summed E-state index contributed by atoms with van der Waals surface area (Å²) in [4.78, 5) is 21.2. The number of anilines is 2. The normalized spacial score (nSPS) is 18.5. The first-order valence-corrected chi connectivity index (χ1v) is 27.5. The number of benzene rings is 3. The Hall–Kier alpha value is -4.24. The van der Waals surface area contributed by atoms with Crippen LogP contribution in [0.4, 0.5) is 24.7 Å². The van der Waals surface area contributed by atoms with Crippen LogP contribution >= 0.6 is 23.4 Å². The van der Waals surface area contributed by atoms with Crippen molar-refractivity contribution < 1.29 is 34.8 Å². The molecular formula is C49H62ClF3N8O5S3. The number of carbonyl (C=O) groups excluding carboxylic acids is 1. The van der Waals surface area contributed by atoms with Crippen molar-refractivity contribution in [2.45, 2.75) is 92.1 Å². The Bertz CT molecular complexity index is 2670. The summed E-state index contributed by atoms with van der Waals surface area (Å²) in [6, 6.07) is 22.2. The number of piperazine rings is 2. The lowest BCUT2D eigenvalue weighted by Gasteiger charge is -2.42. The van der Waals surface area contributed by atoms with Crippen LogP contribution in [0.25, 0.3) is 5.57 Å². The Kier molecular flexibility index (Phi) is 16.5. The summed E-state index contributed by atoms with van der Waals surface area (Å²) in [6.07, 6.45) is 3.55. The predicted molar refractivity (Wildman–Crippen MR) is 268 cm³/mol. The lowest BCUT2D eigenvalue weighted by atomic mass is 9.73. The number of amides is 1. The molecule has 13 nitrogen and oxygen atoms in total. The zero-order valence-corrected chi connectivity index (χ0v) is 42.9. The fourth-order valence-electron chi connectivity index (χ4n) is 9.06. The summed E-state index contributed by atoms with van der Waals surface area (Å²) in [5.41, 5.74) is -2.32. The number of allylic oxidation sites excluding steroid dienone is 1. The number of halogens is 4. The van der Waals surface area contributed by atoms with Crippen LogP contribution in [0.3, 0.4) is 0 Å². The second kappa shape index (κ2) is 21.6. The van der Waals surface area contributed by atoms with E-state index in [9.17, 15) is 34.8 Å². The second-order valence-corrected chi connectivity index (χ2v) is 24.9. The van der Waals surface area contributed by atoms with Crippen molar-refractivity contribution in [3.05, 3.63) is 107 Å². The third-order valence-electron chi connectivity index (χ3n) is 13.1. The highest BCUT2D eigenvalue weighted by Gasteiger charge is 2.48. The molecule has 1 amide bonds. The average Bonchev–Trinajstić information content (AvgIpc) is 3.30. The molecule has 2 fully saturated rings. The molecule has 3 aromatic carbocycles. The van der Waals surface area contributed by atoms with E-state index < -0.39 is 52.8 Å². The maximum Gasteiger partial charge on any atom is 0.501 e. The molecule has 7 rings (SSSR count). The third kappa shape index (κ3) is 13.6. The van der Waals surface area contributed by atoms with E-state index in [2.05, 4.69) is 77.0 Å². The number of rotatable bonds is 16. The van der Waals surface area contributed by atoms with Gasteiger partial charge in [0.25, 0.3) is 25.8 Å². The van der Waals surface area contributed by atoms with Crippen LogP contribution in [0.15, 0.2) is 105 Å². The second-order valence-electron chi connectivity index (χ2n) is 19.8. The Morgan fingerprint density at radius 2 is 1.51 bits per heavy atom. The van der Waals surface area contributed by atoms with Crippen molar-refractivity contribution in [1.29, 1.82) is 0 Å². The summed E-state index contributed by atoms with van der Waals surface area (Å²) < 4.78 is 98.2. The van der Waals surface area contributed by atoms with Gasteiger partial charge in [-0.3, -0.25) is 14.6 Å². The molecular weight excluding hydrogens is 969 g/mol. The van der Waals surface area contributed by atoms with E-state index in [0.29, 0.717) is 48.7 Å². The number of sulfone groups is 1. The topological polar surface area (TPSA) is 148 Å². The van der Waals surface area contributed by atoms with Crippen LogP contribution in [0.2, 0.25) is 5.02 Å². The SMILES string of the molecule is CC1(C)CCC(c2ccc(Cl)cc2)=C(CN2CCN(c3ccc(C(=O)NS(=O)(=O)c4ccc(NC(CCN5CCN(C(C)(C)C)CC5)CSc5ccccc5)c(S(=O)(=O)C(F)(F)F)c4)nn3)CC2)C1. The first-order valence-electron chi connectivity index (χ1n) is 23.2. The molecule has 2 aliphatic heterocycles. The van der Waals surface area contributed by atoms with Gasteiger partial charge in [-0.25, -0.2) is 21.6 Å². The molecule has 4 aromatic rings. The van der Waals surface area contributed by atoms with Crippen molar-refractivity contribution >= 4 is 66.2 Å². The van der Waals surface area contributed by atoms with Gasteiger partial charge >= 0.3 is 5.51 Å². The minimum absolute atomic E-state index is 0.0131. The minimum Gasteiger partial charge on any atom is -0.380 e. The Labute approximate surface area is 414 Å². The maximum atomic E-state index is 14.3. The lowest BCUT2D eigenvalue weighted by Crippen LogP contribution is -2.53. The molecule has 0 spiro atoms. The molecule has 1 atom stereocenters. The average molecular weight is 1030 g/mol. The zero-order valence-electron chi connectivity index (χ0n) is 39.7. The van der Waals surface area contributed by atoms with Gasteiger partial charge in [-0.15, -0.1) is 22.0 Å². The molecule has 2 saturated heterocycles. The Morgan fingerprint density at radius 1 is 0.841 bits per heavy atom. The van der Waals surface area contributed by atoms with Gasteiger partial charge in [-0.2, -0.15) is 13.2 Å². The maximum absolute atomic E-state index is 14.3. The lowest BCUT2D eigenvalue weighted by molar-refractivity contribution is -0.0435. The van der Waals surface area contributed by atoms with Crippen LogP contribution in [-0.2, 0) is 19.9 Å². The van der Waals surface area contributed by atoms with E-state index in [1.807, 2.05) is 52.1 Å². The number of thioether (sulfide) groups is 1. The van der Waals surface area contributed by atoms with Crippen molar-refractivity contribution in [1.82, 2.24) is 29.6 Å². The number of carbonyl (C=O) groups is 1. The Morgan fingerprint density at radius 3 is 2.13 bits per heavy atom. The molecule has 2 N–H and O–H groups in total. The van der Waals surface area contributed by atoms with Gasteiger partial charge in [0.2, 0.25) is 0 Å². The van der Waals surface area contributed by atoms with Gasteiger partial charge in [-0.05, 0) is 118 Å². The molecule has 374 valence electrons. The molecule has 0 saturated carbocycles. The van der Waals surface area contributed by atoms with Gasteiger partial charge < -0.3 is 15.1 Å². The smallest absolute Gasteiger partial charge is 0.380 e. The first-order chi connectivity index (χ1) is 32.5. The number of hydrogen-bond acceptors (Lipinski definition) is 13. The number of nitrogens with zero attached hydrogens (tertiary/aromatic N) is 6. The van der Waals surface area contributed by atoms with Crippen molar-refractivity contribution in [3.8, 4) is 0 Å². The van der Waals surface area contributed by atoms with E-state index in [1.165, 1.54) is 34.5 Å². The van der Waals surface area contributed by atoms with Gasteiger partial charge in [-0.1, -0.05) is 61.4 Å². The van der Waals surface area contributed by atoms with E-state index >= 15 is 0 Å². The van der Waals surface area contributed by atoms with Crippen LogP contribution in [0.5, 0.6) is 0 Å². The summed E-state index contributed by atoms with van der Waals surface area (Å²) in [5.74, 6) is -0.335. The standard InChI is InChI=1S/C49H62ClF3N8O5S3/c1-47(2,3)61-29-25-58(26-30-61)22-20-38(34-67-39-9-7-6-8-10-39)54-42-16-15-40(31-44(42)68(63,64)49(51,52)53)69(65,66)57-46(62)43-17-18-45(56-55-43)60-27-23-59(24-28-60)33-36-32-48(4,5)21-19-41(36)35-11-13-37(50)14-12-35/h6-18,31,38,54H,19-30,32-34H2,1-5H3,(H,57,62). The number of hydrogen-bond donors (Lipinski definition) is 2. The van der Waals surface area contributed by atoms with E-state index in [0.717, 1.165) is 82.1 Å². The summed E-state index contributed by atoms with van der Waals surface area (Å²) >= 11 is 7.65. The fraction of sp³-hybridized carbons (Fsp3) is 0.490. The molecule has 3 heterocycles. The molecule has 0 radical (unpaired) electrons.